The zero-order valence-electron chi connectivity index (χ0n) is 17.9. The number of amides is 1. The van der Waals surface area contributed by atoms with E-state index in [0.29, 0.717) is 38.1 Å². The van der Waals surface area contributed by atoms with Crippen LogP contribution in [0.15, 0.2) is 24.5 Å². The summed E-state index contributed by atoms with van der Waals surface area (Å²) in [5.41, 5.74) is 6.16. The predicted octanol–water partition coefficient (Wildman–Crippen LogP) is 2.95. The fourth-order valence-corrected chi connectivity index (χ4v) is 3.95. The van der Waals surface area contributed by atoms with E-state index in [1.54, 1.807) is 4.52 Å². The predicted molar refractivity (Wildman–Crippen MR) is 115 cm³/mol. The third-order valence-corrected chi connectivity index (χ3v) is 5.69. The van der Waals surface area contributed by atoms with Gasteiger partial charge >= 0.3 is 0 Å². The zero-order chi connectivity index (χ0) is 21.3. The van der Waals surface area contributed by atoms with Crippen molar-refractivity contribution >= 4 is 22.7 Å². The summed E-state index contributed by atoms with van der Waals surface area (Å²) in [7, 11) is 0. The normalized spacial score (nSPS) is 11.5. The van der Waals surface area contributed by atoms with Gasteiger partial charge in [-0.1, -0.05) is 12.1 Å². The molecule has 0 saturated heterocycles. The number of aromatic nitrogens is 6. The largest absolute Gasteiger partial charge is 0.343 e. The number of carbonyl (C=O) groups excluding carboxylic acids is 1. The van der Waals surface area contributed by atoms with Gasteiger partial charge in [0.2, 0.25) is 5.91 Å². The lowest BCUT2D eigenvalue weighted by atomic mass is 10.1. The number of rotatable bonds is 7. The molecule has 1 amide bonds. The van der Waals surface area contributed by atoms with Gasteiger partial charge in [-0.15, -0.1) is 0 Å². The summed E-state index contributed by atoms with van der Waals surface area (Å²) in [6.07, 6.45) is 3.29. The van der Waals surface area contributed by atoms with Crippen LogP contribution in [0.25, 0.3) is 16.8 Å². The lowest BCUT2D eigenvalue weighted by molar-refractivity contribution is -0.130. The average Bonchev–Trinajstić information content (AvgIpc) is 3.35. The van der Waals surface area contributed by atoms with Crippen molar-refractivity contribution in [1.29, 1.82) is 0 Å². The Morgan fingerprint density at radius 1 is 1.17 bits per heavy atom. The highest BCUT2D eigenvalue weighted by Gasteiger charge is 2.16. The molecular weight excluding hydrogens is 378 g/mol. The van der Waals surface area contributed by atoms with E-state index in [0.717, 1.165) is 39.4 Å². The summed E-state index contributed by atoms with van der Waals surface area (Å²) in [6, 6.07) is 6.12. The Balaban J connectivity index is 1.41. The first-order valence-corrected chi connectivity index (χ1v) is 10.4. The highest BCUT2D eigenvalue weighted by molar-refractivity contribution is 5.78. The second-order valence-corrected chi connectivity index (χ2v) is 7.61. The first-order chi connectivity index (χ1) is 14.5. The molecule has 4 rings (SSSR count). The lowest BCUT2D eigenvalue weighted by Gasteiger charge is -2.21. The van der Waals surface area contributed by atoms with Crippen LogP contribution in [0.1, 0.15) is 41.7 Å². The van der Waals surface area contributed by atoms with E-state index in [2.05, 4.69) is 33.0 Å². The monoisotopic (exact) mass is 405 g/mol. The van der Waals surface area contributed by atoms with Crippen molar-refractivity contribution in [3.63, 3.8) is 0 Å². The average molecular weight is 406 g/mol. The fourth-order valence-electron chi connectivity index (χ4n) is 3.95. The van der Waals surface area contributed by atoms with E-state index in [1.165, 1.54) is 6.33 Å². The van der Waals surface area contributed by atoms with Gasteiger partial charge in [-0.3, -0.25) is 4.79 Å². The van der Waals surface area contributed by atoms with Gasteiger partial charge in [0.05, 0.1) is 11.0 Å². The van der Waals surface area contributed by atoms with E-state index in [4.69, 9.17) is 4.98 Å². The molecule has 156 valence electrons. The summed E-state index contributed by atoms with van der Waals surface area (Å²) >= 11 is 0. The van der Waals surface area contributed by atoms with Crippen LogP contribution in [-0.4, -0.2) is 53.4 Å². The molecule has 3 heterocycles. The van der Waals surface area contributed by atoms with Gasteiger partial charge < -0.3 is 9.88 Å². The van der Waals surface area contributed by atoms with Crippen LogP contribution in [0.2, 0.25) is 0 Å². The summed E-state index contributed by atoms with van der Waals surface area (Å²) in [4.78, 5) is 31.5. The van der Waals surface area contributed by atoms with Crippen LogP contribution in [-0.2, 0) is 17.6 Å². The maximum absolute atomic E-state index is 12.9. The van der Waals surface area contributed by atoms with E-state index in [9.17, 15) is 4.79 Å². The number of imidazole rings is 1. The Kier molecular flexibility index (Phi) is 5.48. The maximum Gasteiger partial charge on any atom is 0.252 e. The van der Waals surface area contributed by atoms with Gasteiger partial charge in [0.15, 0.2) is 0 Å². The molecule has 0 aliphatic carbocycles. The van der Waals surface area contributed by atoms with Crippen molar-refractivity contribution < 1.29 is 4.79 Å². The topological polar surface area (TPSA) is 92.1 Å². The minimum absolute atomic E-state index is 0.141. The number of benzene rings is 1. The molecule has 1 aromatic carbocycles. The third-order valence-electron chi connectivity index (χ3n) is 5.69. The van der Waals surface area contributed by atoms with Gasteiger partial charge in [0.25, 0.3) is 5.78 Å². The molecule has 4 aromatic rings. The van der Waals surface area contributed by atoms with Gasteiger partial charge in [-0.25, -0.2) is 14.5 Å². The van der Waals surface area contributed by atoms with Crippen LogP contribution >= 0.6 is 0 Å². The van der Waals surface area contributed by atoms with Crippen molar-refractivity contribution in [2.24, 2.45) is 0 Å². The first kappa shape index (κ1) is 20.0. The summed E-state index contributed by atoms with van der Waals surface area (Å²) < 4.78 is 1.73. The molecule has 3 aromatic heterocycles. The fraction of sp³-hybridized carbons (Fsp3) is 0.409. The number of aromatic amines is 1. The second-order valence-electron chi connectivity index (χ2n) is 7.61. The smallest absolute Gasteiger partial charge is 0.252 e. The molecule has 8 nitrogen and oxygen atoms in total. The number of nitrogens with zero attached hydrogens (tertiary/aromatic N) is 6. The lowest BCUT2D eigenvalue weighted by Crippen LogP contribution is -2.33. The molecule has 30 heavy (non-hydrogen) atoms. The Labute approximate surface area is 175 Å². The molecular formula is C22H27N7O. The van der Waals surface area contributed by atoms with Crippen molar-refractivity contribution in [1.82, 2.24) is 34.4 Å². The van der Waals surface area contributed by atoms with Crippen molar-refractivity contribution in [2.75, 3.05) is 13.1 Å². The Morgan fingerprint density at radius 2 is 2.00 bits per heavy atom. The van der Waals surface area contributed by atoms with Crippen molar-refractivity contribution in [2.45, 2.75) is 47.0 Å². The summed E-state index contributed by atoms with van der Waals surface area (Å²) in [6.45, 7) is 9.35. The van der Waals surface area contributed by atoms with Crippen molar-refractivity contribution in [3.05, 3.63) is 52.9 Å². The quantitative estimate of drug-likeness (QED) is 0.510. The maximum atomic E-state index is 12.9. The minimum atomic E-state index is 0.141. The molecule has 0 atom stereocenters. The summed E-state index contributed by atoms with van der Waals surface area (Å²) in [5.74, 6) is 1.65. The number of hydrogen-bond acceptors (Lipinski definition) is 5. The van der Waals surface area contributed by atoms with Crippen LogP contribution < -0.4 is 0 Å². The highest BCUT2D eigenvalue weighted by Crippen LogP contribution is 2.17. The van der Waals surface area contributed by atoms with Gasteiger partial charge in [0.1, 0.15) is 12.2 Å². The second kappa shape index (κ2) is 8.22. The van der Waals surface area contributed by atoms with Crippen LogP contribution in [0, 0.1) is 20.8 Å². The Morgan fingerprint density at radius 3 is 2.77 bits per heavy atom. The highest BCUT2D eigenvalue weighted by atomic mass is 16.2. The minimum Gasteiger partial charge on any atom is -0.343 e. The molecule has 0 fully saturated rings. The SMILES string of the molecule is CCN(CCc1nc2c(C)cccc2[nH]1)C(=O)CCc1c(C)nc2ncnn2c1C. The van der Waals surface area contributed by atoms with Crippen LogP contribution in [0.3, 0.4) is 0 Å². The molecule has 0 aliphatic rings. The van der Waals surface area contributed by atoms with E-state index in [-0.39, 0.29) is 5.91 Å². The molecule has 8 heteroatoms. The molecule has 0 saturated carbocycles. The molecule has 0 unspecified atom stereocenters. The van der Waals surface area contributed by atoms with E-state index >= 15 is 0 Å². The van der Waals surface area contributed by atoms with Gasteiger partial charge in [-0.2, -0.15) is 10.1 Å². The molecule has 0 aliphatic heterocycles. The Hall–Kier alpha value is -3.29. The third kappa shape index (κ3) is 3.77. The number of nitrogens with one attached hydrogen (secondary N) is 1. The molecule has 0 radical (unpaired) electrons. The zero-order valence-corrected chi connectivity index (χ0v) is 17.9. The molecule has 0 bridgehead atoms. The standard InChI is InChI=1S/C22H27N7O/c1-5-28(12-11-19-26-18-8-6-7-14(2)21(18)27-19)20(30)10-9-17-15(3)25-22-23-13-24-29(22)16(17)4/h6-8,13H,5,9-12H2,1-4H3,(H,26,27). The Bertz CT molecular complexity index is 1210. The first-order valence-electron chi connectivity index (χ1n) is 10.4. The van der Waals surface area contributed by atoms with Gasteiger partial charge in [-0.05, 0) is 51.3 Å². The van der Waals surface area contributed by atoms with E-state index in [1.807, 2.05) is 37.8 Å². The number of likely N-dealkylation sites (N-methyl/N-ethyl adjacent to an activating group) is 1. The van der Waals surface area contributed by atoms with Crippen LogP contribution in [0.4, 0.5) is 0 Å². The van der Waals surface area contributed by atoms with E-state index < -0.39 is 0 Å². The summed E-state index contributed by atoms with van der Waals surface area (Å²) in [5, 5.41) is 4.22. The number of H-pyrrole nitrogens is 1. The number of aryl methyl sites for hydroxylation is 3. The number of para-hydroxylation sites is 1. The molecule has 0 spiro atoms. The number of carbonyl (C=O) groups is 1. The van der Waals surface area contributed by atoms with Crippen LogP contribution in [0.5, 0.6) is 0 Å². The number of fused-ring (bicyclic) bond motifs is 2. The van der Waals surface area contributed by atoms with Crippen molar-refractivity contribution in [3.8, 4) is 0 Å². The van der Waals surface area contributed by atoms with Gasteiger partial charge in [0, 0.05) is 37.3 Å². The molecule has 1 N–H and O–H groups in total. The number of hydrogen-bond donors (Lipinski definition) is 1.